The van der Waals surface area contributed by atoms with E-state index in [-0.39, 0.29) is 5.69 Å². The van der Waals surface area contributed by atoms with Crippen molar-refractivity contribution in [3.8, 4) is 0 Å². The van der Waals surface area contributed by atoms with Gasteiger partial charge in [0.25, 0.3) is 0 Å². The van der Waals surface area contributed by atoms with Crippen LogP contribution in [0, 0.1) is 13.8 Å². The third-order valence-electron chi connectivity index (χ3n) is 2.02. The number of aryl methyl sites for hydroxylation is 2. The lowest BCUT2D eigenvalue weighted by Crippen LogP contribution is -2.02. The van der Waals surface area contributed by atoms with Crippen LogP contribution in [0.4, 0.5) is 0 Å². The first-order valence-corrected chi connectivity index (χ1v) is 5.93. The molecule has 0 radical (unpaired) electrons. The molecule has 0 spiro atoms. The highest BCUT2D eigenvalue weighted by molar-refractivity contribution is 7.99. The van der Waals surface area contributed by atoms with Crippen LogP contribution in [0.2, 0.25) is 0 Å². The molecule has 0 aromatic carbocycles. The van der Waals surface area contributed by atoms with Gasteiger partial charge in [0.15, 0.2) is 10.9 Å². The average molecular weight is 262 g/mol. The average Bonchev–Trinajstić information content (AvgIpc) is 2.28. The Labute approximate surface area is 108 Å². The Kier molecular flexibility index (Phi) is 3.52. The first-order valence-electron chi connectivity index (χ1n) is 5.12. The third kappa shape index (κ3) is 3.01. The monoisotopic (exact) mass is 262 g/mol. The smallest absolute Gasteiger partial charge is 0.356 e. The Bertz CT molecular complexity index is 566. The van der Waals surface area contributed by atoms with E-state index in [1.54, 1.807) is 6.07 Å². The molecule has 1 N–H and O–H groups in total. The number of rotatable bonds is 3. The lowest BCUT2D eigenvalue weighted by Gasteiger charge is -2.01. The Hall–Kier alpha value is -2.02. The number of carboxylic acids is 1. The predicted octanol–water partition coefficient (Wildman–Crippen LogP) is 1.73. The second-order valence-corrected chi connectivity index (χ2v) is 4.58. The summed E-state index contributed by atoms with van der Waals surface area (Å²) in [5.74, 6) is -1.10. The van der Waals surface area contributed by atoms with E-state index in [4.69, 9.17) is 5.11 Å². The summed E-state index contributed by atoms with van der Waals surface area (Å²) in [7, 11) is 0. The zero-order valence-electron chi connectivity index (χ0n) is 9.78. The fourth-order valence-electron chi connectivity index (χ4n) is 1.32. The van der Waals surface area contributed by atoms with Crippen LogP contribution in [0.25, 0.3) is 0 Å². The lowest BCUT2D eigenvalue weighted by atomic mass is 10.4. The van der Waals surface area contributed by atoms with E-state index in [1.165, 1.54) is 17.8 Å². The van der Waals surface area contributed by atoms with Gasteiger partial charge in [-0.1, -0.05) is 0 Å². The lowest BCUT2D eigenvalue weighted by molar-refractivity contribution is 0.0689. The van der Waals surface area contributed by atoms with Crippen LogP contribution in [0.5, 0.6) is 0 Å². The summed E-state index contributed by atoms with van der Waals surface area (Å²) in [6.07, 6.45) is 0. The zero-order valence-corrected chi connectivity index (χ0v) is 10.6. The van der Waals surface area contributed by atoms with Crippen molar-refractivity contribution < 1.29 is 9.90 Å². The molecule has 0 unspecified atom stereocenters. The van der Waals surface area contributed by atoms with E-state index < -0.39 is 5.97 Å². The first-order chi connectivity index (χ1) is 8.54. The van der Waals surface area contributed by atoms with Crippen LogP contribution in [0.15, 0.2) is 28.4 Å². The summed E-state index contributed by atoms with van der Waals surface area (Å²) in [5, 5.41) is 17.2. The molecule has 0 atom stereocenters. The van der Waals surface area contributed by atoms with Crippen LogP contribution < -0.4 is 0 Å². The third-order valence-corrected chi connectivity index (χ3v) is 2.81. The largest absolute Gasteiger partial charge is 0.476 e. The van der Waals surface area contributed by atoms with E-state index in [2.05, 4.69) is 20.2 Å². The number of nitrogens with zero attached hydrogens (tertiary/aromatic N) is 4. The number of carbonyl (C=O) groups is 1. The van der Waals surface area contributed by atoms with E-state index >= 15 is 0 Å². The molecule has 0 saturated carbocycles. The summed E-state index contributed by atoms with van der Waals surface area (Å²) in [6, 6.07) is 4.87. The molecule has 92 valence electrons. The van der Waals surface area contributed by atoms with Gasteiger partial charge in [-0.25, -0.2) is 14.8 Å². The quantitative estimate of drug-likeness (QED) is 0.842. The molecular weight excluding hydrogens is 252 g/mol. The molecule has 6 nitrogen and oxygen atoms in total. The maximum Gasteiger partial charge on any atom is 0.356 e. The summed E-state index contributed by atoms with van der Waals surface area (Å²) in [5.41, 5.74) is 1.67. The maximum absolute atomic E-state index is 10.6. The minimum absolute atomic E-state index is 0.0827. The van der Waals surface area contributed by atoms with Gasteiger partial charge in [-0.3, -0.25) is 0 Å². The second kappa shape index (κ2) is 5.09. The number of carboxylic acid groups (broad SMARTS) is 1. The van der Waals surface area contributed by atoms with E-state index in [0.717, 1.165) is 11.4 Å². The van der Waals surface area contributed by atoms with E-state index in [9.17, 15) is 4.79 Å². The van der Waals surface area contributed by atoms with Crippen molar-refractivity contribution in [1.29, 1.82) is 0 Å². The Morgan fingerprint density at radius 3 is 2.33 bits per heavy atom. The van der Waals surface area contributed by atoms with Crippen molar-refractivity contribution in [1.82, 2.24) is 20.2 Å². The van der Waals surface area contributed by atoms with Gasteiger partial charge in [-0.2, -0.15) is 0 Å². The molecule has 18 heavy (non-hydrogen) atoms. The molecule has 2 aromatic rings. The zero-order chi connectivity index (χ0) is 13.1. The Balaban J connectivity index is 2.20. The number of hydrogen-bond donors (Lipinski definition) is 1. The summed E-state index contributed by atoms with van der Waals surface area (Å²) < 4.78 is 0. The number of aromatic nitrogens is 4. The fourth-order valence-corrected chi connectivity index (χ4v) is 2.11. The molecule has 0 aliphatic rings. The van der Waals surface area contributed by atoms with E-state index in [0.29, 0.717) is 10.2 Å². The standard InChI is InChI=1S/C11H10N4O2S/c1-6-5-7(2)13-11(12-6)18-9-4-3-8(10(16)17)14-15-9/h3-5H,1-2H3,(H,16,17). The molecule has 0 bridgehead atoms. The maximum atomic E-state index is 10.6. The molecule has 7 heteroatoms. The minimum Gasteiger partial charge on any atom is -0.476 e. The van der Waals surface area contributed by atoms with Crippen molar-refractivity contribution in [3.63, 3.8) is 0 Å². The molecule has 0 fully saturated rings. The highest BCUT2D eigenvalue weighted by Gasteiger charge is 2.08. The van der Waals surface area contributed by atoms with Gasteiger partial charge in [-0.05, 0) is 43.8 Å². The van der Waals surface area contributed by atoms with Crippen molar-refractivity contribution in [2.45, 2.75) is 24.0 Å². The van der Waals surface area contributed by atoms with Crippen molar-refractivity contribution >= 4 is 17.7 Å². The van der Waals surface area contributed by atoms with Gasteiger partial charge in [0, 0.05) is 11.4 Å². The van der Waals surface area contributed by atoms with Crippen LogP contribution in [-0.4, -0.2) is 31.2 Å². The summed E-state index contributed by atoms with van der Waals surface area (Å²) >= 11 is 1.25. The van der Waals surface area contributed by atoms with Crippen LogP contribution >= 0.6 is 11.8 Å². The summed E-state index contributed by atoms with van der Waals surface area (Å²) in [6.45, 7) is 3.77. The molecule has 2 heterocycles. The molecule has 2 aromatic heterocycles. The Morgan fingerprint density at radius 2 is 1.83 bits per heavy atom. The number of aromatic carboxylic acids is 1. The predicted molar refractivity (Wildman–Crippen MR) is 64.6 cm³/mol. The van der Waals surface area contributed by atoms with Gasteiger partial charge in [0.05, 0.1) is 0 Å². The van der Waals surface area contributed by atoms with Gasteiger partial charge in [0.2, 0.25) is 0 Å². The van der Waals surface area contributed by atoms with Crippen LogP contribution in [-0.2, 0) is 0 Å². The van der Waals surface area contributed by atoms with Gasteiger partial charge in [-0.15, -0.1) is 10.2 Å². The van der Waals surface area contributed by atoms with Crippen LogP contribution in [0.1, 0.15) is 21.9 Å². The highest BCUT2D eigenvalue weighted by Crippen LogP contribution is 2.22. The first kappa shape index (κ1) is 12.4. The van der Waals surface area contributed by atoms with Crippen molar-refractivity contribution in [3.05, 3.63) is 35.3 Å². The van der Waals surface area contributed by atoms with Crippen LogP contribution in [0.3, 0.4) is 0 Å². The van der Waals surface area contributed by atoms with Gasteiger partial charge >= 0.3 is 5.97 Å². The van der Waals surface area contributed by atoms with E-state index in [1.807, 2.05) is 19.9 Å². The van der Waals surface area contributed by atoms with Gasteiger partial charge < -0.3 is 5.11 Å². The molecule has 2 rings (SSSR count). The molecule has 0 aliphatic heterocycles. The second-order valence-electron chi connectivity index (χ2n) is 3.60. The van der Waals surface area contributed by atoms with Crippen molar-refractivity contribution in [2.75, 3.05) is 0 Å². The van der Waals surface area contributed by atoms with Gasteiger partial charge in [0.1, 0.15) is 5.03 Å². The fraction of sp³-hybridized carbons (Fsp3) is 0.182. The minimum atomic E-state index is -1.10. The summed E-state index contributed by atoms with van der Waals surface area (Å²) in [4.78, 5) is 19.1. The molecule has 0 saturated heterocycles. The highest BCUT2D eigenvalue weighted by atomic mass is 32.2. The Morgan fingerprint density at radius 1 is 1.17 bits per heavy atom. The molecular formula is C11H10N4O2S. The SMILES string of the molecule is Cc1cc(C)nc(Sc2ccc(C(=O)O)nn2)n1. The topological polar surface area (TPSA) is 88.9 Å². The molecule has 0 amide bonds. The normalized spacial score (nSPS) is 10.3. The van der Waals surface area contributed by atoms with Crippen molar-refractivity contribution in [2.24, 2.45) is 0 Å². The number of hydrogen-bond acceptors (Lipinski definition) is 6. The molecule has 0 aliphatic carbocycles.